The number of anilines is 1. The summed E-state index contributed by atoms with van der Waals surface area (Å²) in [6.07, 6.45) is 8.33. The maximum Gasteiger partial charge on any atom is 0.214 e. The highest BCUT2D eigenvalue weighted by Gasteiger charge is 2.06. The van der Waals surface area contributed by atoms with E-state index in [4.69, 9.17) is 0 Å². The second kappa shape index (κ2) is 10.9. The van der Waals surface area contributed by atoms with E-state index in [1.165, 1.54) is 5.56 Å². The van der Waals surface area contributed by atoms with Gasteiger partial charge in [0.15, 0.2) is 0 Å². The van der Waals surface area contributed by atoms with Gasteiger partial charge in [-0.1, -0.05) is 56.3 Å². The summed E-state index contributed by atoms with van der Waals surface area (Å²) in [6.45, 7) is 5.47. The second-order valence-corrected chi connectivity index (χ2v) is 5.79. The Kier molecular flexibility index (Phi) is 8.13. The predicted molar refractivity (Wildman–Crippen MR) is 107 cm³/mol. The van der Waals surface area contributed by atoms with Crippen LogP contribution < -0.4 is 4.90 Å². The molecular formula is C22H27N3O. The molecule has 0 spiro atoms. The molecule has 0 atom stereocenters. The Balaban J connectivity index is 0.00000117. The van der Waals surface area contributed by atoms with Crippen LogP contribution in [0.1, 0.15) is 31.4 Å². The lowest BCUT2D eigenvalue weighted by Gasteiger charge is -2.18. The highest BCUT2D eigenvalue weighted by atomic mass is 16.1. The molecule has 0 aliphatic rings. The molecule has 0 N–H and O–H groups in total. The first kappa shape index (κ1) is 19.4. The Morgan fingerprint density at radius 3 is 2.50 bits per heavy atom. The van der Waals surface area contributed by atoms with Gasteiger partial charge in [-0.2, -0.15) is 0 Å². The summed E-state index contributed by atoms with van der Waals surface area (Å²) in [6, 6.07) is 18.5. The SMILES string of the molecule is CC.O=CN(CCCc1ccccc1)c1cccc(Cn2ccnc2)c1. The summed E-state index contributed by atoms with van der Waals surface area (Å²) in [4.78, 5) is 17.3. The molecule has 136 valence electrons. The van der Waals surface area contributed by atoms with E-state index in [-0.39, 0.29) is 0 Å². The van der Waals surface area contributed by atoms with E-state index >= 15 is 0 Å². The standard InChI is InChI=1S/C20H21N3O.C2H6/c24-17-23(12-5-9-18-6-2-1-3-7-18)20-10-4-8-19(14-20)15-22-13-11-21-16-22;1-2/h1-4,6-8,10-11,13-14,16-17H,5,9,12,15H2;1-2H3. The highest BCUT2D eigenvalue weighted by Crippen LogP contribution is 2.17. The van der Waals surface area contributed by atoms with Crippen molar-refractivity contribution in [3.8, 4) is 0 Å². The number of nitrogens with zero attached hydrogens (tertiary/aromatic N) is 3. The molecule has 0 aliphatic heterocycles. The largest absolute Gasteiger partial charge is 0.333 e. The van der Waals surface area contributed by atoms with E-state index in [1.807, 2.05) is 54.9 Å². The average molecular weight is 349 g/mol. The smallest absolute Gasteiger partial charge is 0.214 e. The number of amides is 1. The van der Waals surface area contributed by atoms with Crippen molar-refractivity contribution in [3.63, 3.8) is 0 Å². The summed E-state index contributed by atoms with van der Waals surface area (Å²) >= 11 is 0. The van der Waals surface area contributed by atoms with Gasteiger partial charge in [0.25, 0.3) is 0 Å². The van der Waals surface area contributed by atoms with Crippen molar-refractivity contribution < 1.29 is 4.79 Å². The Bertz CT molecular complexity index is 754. The van der Waals surface area contributed by atoms with Crippen molar-refractivity contribution in [3.05, 3.63) is 84.4 Å². The van der Waals surface area contributed by atoms with E-state index in [1.54, 1.807) is 17.4 Å². The number of hydrogen-bond acceptors (Lipinski definition) is 2. The molecule has 0 unspecified atom stereocenters. The van der Waals surface area contributed by atoms with Crippen molar-refractivity contribution >= 4 is 12.1 Å². The van der Waals surface area contributed by atoms with Gasteiger partial charge >= 0.3 is 0 Å². The third-order valence-electron chi connectivity index (χ3n) is 4.00. The van der Waals surface area contributed by atoms with Gasteiger partial charge in [-0.25, -0.2) is 4.98 Å². The van der Waals surface area contributed by atoms with Gasteiger partial charge in [-0.3, -0.25) is 4.79 Å². The molecule has 0 radical (unpaired) electrons. The molecule has 4 nitrogen and oxygen atoms in total. The minimum atomic E-state index is 0.715. The number of hydrogen-bond donors (Lipinski definition) is 0. The van der Waals surface area contributed by atoms with Crippen molar-refractivity contribution in [2.24, 2.45) is 0 Å². The lowest BCUT2D eigenvalue weighted by Crippen LogP contribution is -2.22. The molecule has 1 aromatic heterocycles. The molecule has 26 heavy (non-hydrogen) atoms. The predicted octanol–water partition coefficient (Wildman–Crippen LogP) is 4.55. The van der Waals surface area contributed by atoms with Crippen molar-refractivity contribution in [2.75, 3.05) is 11.4 Å². The van der Waals surface area contributed by atoms with E-state index in [0.717, 1.165) is 37.0 Å². The van der Waals surface area contributed by atoms with Gasteiger partial charge < -0.3 is 9.47 Å². The molecule has 0 saturated carbocycles. The van der Waals surface area contributed by atoms with E-state index < -0.39 is 0 Å². The van der Waals surface area contributed by atoms with E-state index in [0.29, 0.717) is 6.54 Å². The van der Waals surface area contributed by atoms with Gasteiger partial charge in [0.05, 0.1) is 6.33 Å². The van der Waals surface area contributed by atoms with Gasteiger partial charge in [-0.05, 0) is 36.1 Å². The monoisotopic (exact) mass is 349 g/mol. The minimum absolute atomic E-state index is 0.715. The Hall–Kier alpha value is -2.88. The zero-order chi connectivity index (χ0) is 18.6. The number of benzene rings is 2. The number of aromatic nitrogens is 2. The van der Waals surface area contributed by atoms with E-state index in [2.05, 4.69) is 29.2 Å². The van der Waals surface area contributed by atoms with Crippen molar-refractivity contribution in [2.45, 2.75) is 33.2 Å². The molecule has 3 rings (SSSR count). The molecule has 1 amide bonds. The summed E-state index contributed by atoms with van der Waals surface area (Å²) < 4.78 is 2.01. The van der Waals surface area contributed by atoms with Crippen LogP contribution in [0.5, 0.6) is 0 Å². The zero-order valence-electron chi connectivity index (χ0n) is 15.6. The molecule has 0 bridgehead atoms. The fraction of sp³-hybridized carbons (Fsp3) is 0.273. The zero-order valence-corrected chi connectivity index (χ0v) is 15.6. The van der Waals surface area contributed by atoms with Crippen LogP contribution in [0, 0.1) is 0 Å². The van der Waals surface area contributed by atoms with Crippen LogP contribution in [0.25, 0.3) is 0 Å². The molecule has 0 saturated heterocycles. The summed E-state index contributed by atoms with van der Waals surface area (Å²) in [5.41, 5.74) is 3.40. The number of carbonyl (C=O) groups is 1. The molecule has 0 fully saturated rings. The van der Waals surface area contributed by atoms with Crippen LogP contribution in [0.3, 0.4) is 0 Å². The Labute approximate surface area is 156 Å². The Morgan fingerprint density at radius 1 is 1.04 bits per heavy atom. The van der Waals surface area contributed by atoms with Gasteiger partial charge in [0.2, 0.25) is 6.41 Å². The summed E-state index contributed by atoms with van der Waals surface area (Å²) in [5, 5.41) is 0. The van der Waals surface area contributed by atoms with Crippen LogP contribution in [-0.4, -0.2) is 22.5 Å². The van der Waals surface area contributed by atoms with Crippen LogP contribution in [-0.2, 0) is 17.8 Å². The topological polar surface area (TPSA) is 38.1 Å². The maximum atomic E-state index is 11.5. The number of rotatable bonds is 8. The Morgan fingerprint density at radius 2 is 1.81 bits per heavy atom. The van der Waals surface area contributed by atoms with Crippen LogP contribution >= 0.6 is 0 Å². The van der Waals surface area contributed by atoms with Crippen molar-refractivity contribution in [1.82, 2.24) is 9.55 Å². The number of carbonyl (C=O) groups excluding carboxylic acids is 1. The first-order valence-electron chi connectivity index (χ1n) is 9.16. The molecular weight excluding hydrogens is 322 g/mol. The quantitative estimate of drug-likeness (QED) is 0.559. The third kappa shape index (κ3) is 5.88. The third-order valence-corrected chi connectivity index (χ3v) is 4.00. The van der Waals surface area contributed by atoms with Gasteiger partial charge in [0.1, 0.15) is 0 Å². The fourth-order valence-corrected chi connectivity index (χ4v) is 2.77. The number of imidazole rings is 1. The maximum absolute atomic E-state index is 11.5. The molecule has 1 heterocycles. The summed E-state index contributed by atoms with van der Waals surface area (Å²) in [7, 11) is 0. The number of aryl methyl sites for hydroxylation is 1. The average Bonchev–Trinajstić information content (AvgIpc) is 3.21. The minimum Gasteiger partial charge on any atom is -0.333 e. The molecule has 4 heteroatoms. The van der Waals surface area contributed by atoms with Gasteiger partial charge in [-0.15, -0.1) is 0 Å². The van der Waals surface area contributed by atoms with Crippen LogP contribution in [0.2, 0.25) is 0 Å². The molecule has 3 aromatic rings. The van der Waals surface area contributed by atoms with Gasteiger partial charge in [0, 0.05) is 31.2 Å². The van der Waals surface area contributed by atoms with E-state index in [9.17, 15) is 4.79 Å². The lowest BCUT2D eigenvalue weighted by molar-refractivity contribution is -0.107. The van der Waals surface area contributed by atoms with Crippen molar-refractivity contribution in [1.29, 1.82) is 0 Å². The first-order chi connectivity index (χ1) is 12.8. The van der Waals surface area contributed by atoms with Crippen LogP contribution in [0.15, 0.2) is 73.3 Å². The lowest BCUT2D eigenvalue weighted by atomic mass is 10.1. The fourth-order valence-electron chi connectivity index (χ4n) is 2.77. The first-order valence-corrected chi connectivity index (χ1v) is 9.16. The van der Waals surface area contributed by atoms with Crippen LogP contribution in [0.4, 0.5) is 5.69 Å². The summed E-state index contributed by atoms with van der Waals surface area (Å²) in [5.74, 6) is 0. The molecule has 0 aliphatic carbocycles. The second-order valence-electron chi connectivity index (χ2n) is 5.79. The highest BCUT2D eigenvalue weighted by molar-refractivity contribution is 5.75. The molecule has 2 aromatic carbocycles. The normalized spacial score (nSPS) is 9.92.